The van der Waals surface area contributed by atoms with Gasteiger partial charge in [0.25, 0.3) is 0 Å². The van der Waals surface area contributed by atoms with Crippen molar-refractivity contribution >= 4 is 17.5 Å². The van der Waals surface area contributed by atoms with E-state index in [4.69, 9.17) is 16.3 Å². The second-order valence-electron chi connectivity index (χ2n) is 4.13. The van der Waals surface area contributed by atoms with E-state index in [1.807, 2.05) is 0 Å². The zero-order valence-electron chi connectivity index (χ0n) is 8.01. The minimum Gasteiger partial charge on any atom is -0.378 e. The number of alkyl halides is 3. The van der Waals surface area contributed by atoms with Gasteiger partial charge in [-0.15, -0.1) is 11.6 Å². The van der Waals surface area contributed by atoms with Crippen molar-refractivity contribution in [2.75, 3.05) is 13.2 Å². The third-order valence-electron chi connectivity index (χ3n) is 2.80. The molecule has 0 aromatic carbocycles. The first-order valence-corrected chi connectivity index (χ1v) is 5.31. The Kier molecular flexibility index (Phi) is 2.85. The van der Waals surface area contributed by atoms with E-state index in [-0.39, 0.29) is 30.2 Å². The quantitative estimate of drug-likeness (QED) is 0.735. The lowest BCUT2D eigenvalue weighted by Crippen LogP contribution is -2.49. The minimum absolute atomic E-state index is 0.242. The van der Waals surface area contributed by atoms with Gasteiger partial charge in [0.15, 0.2) is 0 Å². The average Bonchev–Trinajstić information content (AvgIpc) is 2.47. The Hall–Kier alpha value is -0.420. The fourth-order valence-corrected chi connectivity index (χ4v) is 2.03. The van der Waals surface area contributed by atoms with Crippen molar-refractivity contribution in [1.82, 2.24) is 5.32 Å². The number of hydrogen-bond acceptors (Lipinski definition) is 2. The molecule has 1 saturated heterocycles. The number of hydrogen-bond donors (Lipinski definition) is 1. The molecule has 0 bridgehead atoms. The molecule has 1 heterocycles. The zero-order chi connectivity index (χ0) is 11.1. The van der Waals surface area contributed by atoms with Crippen LogP contribution >= 0.6 is 11.6 Å². The van der Waals surface area contributed by atoms with Crippen LogP contribution in [-0.4, -0.2) is 36.5 Å². The molecular weight excluding hydrogens is 228 g/mol. The fraction of sp³-hybridized carbons (Fsp3) is 0.889. The molecule has 1 N–H and O–H groups in total. The van der Waals surface area contributed by atoms with Gasteiger partial charge in [-0.25, -0.2) is 8.78 Å². The van der Waals surface area contributed by atoms with Crippen molar-refractivity contribution in [3.63, 3.8) is 0 Å². The van der Waals surface area contributed by atoms with Crippen molar-refractivity contribution < 1.29 is 18.3 Å². The zero-order valence-corrected chi connectivity index (χ0v) is 8.77. The summed E-state index contributed by atoms with van der Waals surface area (Å²) in [5.41, 5.74) is 0. The molecule has 1 aliphatic heterocycles. The maximum absolute atomic E-state index is 12.5. The van der Waals surface area contributed by atoms with Gasteiger partial charge in [-0.2, -0.15) is 0 Å². The lowest BCUT2D eigenvalue weighted by atomic mass is 9.80. The van der Waals surface area contributed by atoms with Gasteiger partial charge in [0, 0.05) is 18.8 Å². The largest absolute Gasteiger partial charge is 0.378 e. The lowest BCUT2D eigenvalue weighted by molar-refractivity contribution is -0.150. The molecule has 0 aromatic rings. The Bertz CT molecular complexity index is 267. The second kappa shape index (κ2) is 3.87. The smallest absolute Gasteiger partial charge is 0.249 e. The van der Waals surface area contributed by atoms with Gasteiger partial charge < -0.3 is 10.1 Å². The van der Waals surface area contributed by atoms with Crippen LogP contribution in [0.3, 0.4) is 0 Å². The van der Waals surface area contributed by atoms with E-state index in [9.17, 15) is 13.6 Å². The highest BCUT2D eigenvalue weighted by Gasteiger charge is 2.49. The van der Waals surface area contributed by atoms with E-state index in [2.05, 4.69) is 5.32 Å². The van der Waals surface area contributed by atoms with Crippen LogP contribution in [0.4, 0.5) is 8.78 Å². The van der Waals surface area contributed by atoms with E-state index >= 15 is 0 Å². The summed E-state index contributed by atoms with van der Waals surface area (Å²) in [5.74, 6) is -3.55. The Labute approximate surface area is 91.1 Å². The summed E-state index contributed by atoms with van der Waals surface area (Å²) in [6, 6.07) is -0.242. The third kappa shape index (κ3) is 2.39. The van der Waals surface area contributed by atoms with Crippen LogP contribution in [0.5, 0.6) is 0 Å². The number of halogens is 3. The van der Waals surface area contributed by atoms with E-state index in [0.717, 1.165) is 0 Å². The summed E-state index contributed by atoms with van der Waals surface area (Å²) < 4.78 is 30.1. The minimum atomic E-state index is -2.66. The maximum atomic E-state index is 12.5. The molecule has 86 valence electrons. The van der Waals surface area contributed by atoms with E-state index in [1.54, 1.807) is 0 Å². The van der Waals surface area contributed by atoms with Crippen LogP contribution in [-0.2, 0) is 9.53 Å². The van der Waals surface area contributed by atoms with Gasteiger partial charge in [0.2, 0.25) is 11.8 Å². The standard InChI is InChI=1S/C9H12ClF2NO2/c10-6-3-15-4-7(6)13-8(14)5-1-9(11,12)2-5/h5-7H,1-4H2,(H,13,14). The average molecular weight is 240 g/mol. The molecule has 2 fully saturated rings. The number of carbonyl (C=O) groups excluding carboxylic acids is 1. The summed E-state index contributed by atoms with van der Waals surface area (Å²) in [7, 11) is 0. The Balaban J connectivity index is 1.78. The molecule has 15 heavy (non-hydrogen) atoms. The molecule has 2 atom stereocenters. The lowest BCUT2D eigenvalue weighted by Gasteiger charge is -2.34. The number of rotatable bonds is 2. The summed E-state index contributed by atoms with van der Waals surface area (Å²) >= 11 is 5.86. The normalized spacial score (nSPS) is 34.9. The van der Waals surface area contributed by atoms with Crippen molar-refractivity contribution in [3.8, 4) is 0 Å². The highest BCUT2D eigenvalue weighted by atomic mass is 35.5. The number of carbonyl (C=O) groups is 1. The van der Waals surface area contributed by atoms with Gasteiger partial charge in [0.05, 0.1) is 24.6 Å². The fourth-order valence-electron chi connectivity index (χ4n) is 1.81. The van der Waals surface area contributed by atoms with Gasteiger partial charge in [-0.1, -0.05) is 0 Å². The molecule has 2 aliphatic rings. The van der Waals surface area contributed by atoms with Crippen molar-refractivity contribution in [3.05, 3.63) is 0 Å². The van der Waals surface area contributed by atoms with Crippen LogP contribution in [0.2, 0.25) is 0 Å². The highest BCUT2D eigenvalue weighted by Crippen LogP contribution is 2.42. The number of ether oxygens (including phenoxy) is 1. The molecule has 1 amide bonds. The first-order valence-electron chi connectivity index (χ1n) is 4.88. The highest BCUT2D eigenvalue weighted by molar-refractivity contribution is 6.21. The van der Waals surface area contributed by atoms with Crippen LogP contribution < -0.4 is 5.32 Å². The van der Waals surface area contributed by atoms with Crippen molar-refractivity contribution in [1.29, 1.82) is 0 Å². The molecule has 3 nitrogen and oxygen atoms in total. The summed E-state index contributed by atoms with van der Waals surface area (Å²) in [6.07, 6.45) is -0.696. The molecule has 6 heteroatoms. The Morgan fingerprint density at radius 1 is 1.40 bits per heavy atom. The molecular formula is C9H12ClF2NO2. The molecule has 1 saturated carbocycles. The molecule has 1 aliphatic carbocycles. The first kappa shape index (κ1) is 11.1. The van der Waals surface area contributed by atoms with Crippen LogP contribution in [0, 0.1) is 5.92 Å². The van der Waals surface area contributed by atoms with Gasteiger partial charge in [-0.3, -0.25) is 4.79 Å². The summed E-state index contributed by atoms with van der Waals surface area (Å²) in [5, 5.41) is 2.38. The van der Waals surface area contributed by atoms with Crippen LogP contribution in [0.15, 0.2) is 0 Å². The number of amides is 1. The van der Waals surface area contributed by atoms with Gasteiger partial charge >= 0.3 is 0 Å². The topological polar surface area (TPSA) is 38.3 Å². The first-order chi connectivity index (χ1) is 6.98. The monoisotopic (exact) mass is 239 g/mol. The van der Waals surface area contributed by atoms with Gasteiger partial charge in [0.1, 0.15) is 0 Å². The van der Waals surface area contributed by atoms with Crippen molar-refractivity contribution in [2.45, 2.75) is 30.2 Å². The number of nitrogens with one attached hydrogen (secondary N) is 1. The molecule has 0 aromatic heterocycles. The van der Waals surface area contributed by atoms with Gasteiger partial charge in [-0.05, 0) is 0 Å². The molecule has 0 spiro atoms. The van der Waals surface area contributed by atoms with Crippen LogP contribution in [0.1, 0.15) is 12.8 Å². The van der Waals surface area contributed by atoms with Crippen LogP contribution in [0.25, 0.3) is 0 Å². The predicted molar refractivity (Wildman–Crippen MR) is 50.1 cm³/mol. The molecule has 2 unspecified atom stereocenters. The molecule has 2 rings (SSSR count). The van der Waals surface area contributed by atoms with E-state index in [1.165, 1.54) is 0 Å². The van der Waals surface area contributed by atoms with E-state index < -0.39 is 11.8 Å². The Morgan fingerprint density at radius 3 is 2.53 bits per heavy atom. The predicted octanol–water partition coefficient (Wildman–Crippen LogP) is 1.15. The Morgan fingerprint density at radius 2 is 2.07 bits per heavy atom. The van der Waals surface area contributed by atoms with Crippen molar-refractivity contribution in [2.24, 2.45) is 5.92 Å². The summed E-state index contributed by atoms with van der Waals surface area (Å²) in [4.78, 5) is 11.5. The molecule has 0 radical (unpaired) electrons. The third-order valence-corrected chi connectivity index (χ3v) is 3.23. The second-order valence-corrected chi connectivity index (χ2v) is 4.69. The maximum Gasteiger partial charge on any atom is 0.249 e. The SMILES string of the molecule is O=C(NC1COCC1Cl)C1CC(F)(F)C1. The van der Waals surface area contributed by atoms with E-state index in [0.29, 0.717) is 13.2 Å². The summed E-state index contributed by atoms with van der Waals surface area (Å²) in [6.45, 7) is 0.760.